The second-order valence-corrected chi connectivity index (χ2v) is 5.05. The molecule has 6 nitrogen and oxygen atoms in total. The van der Waals surface area contributed by atoms with Crippen LogP contribution in [0.15, 0.2) is 24.3 Å². The molecule has 0 spiro atoms. The number of methoxy groups -OCH3 is 1. The van der Waals surface area contributed by atoms with Gasteiger partial charge in [0.05, 0.1) is 13.7 Å². The molecule has 2 rings (SSSR count). The molecular weight excluding hydrogens is 270 g/mol. The zero-order valence-electron chi connectivity index (χ0n) is 12.5. The number of nitrogens with two attached hydrogens (primary N) is 1. The number of piperazine rings is 1. The fourth-order valence-electron chi connectivity index (χ4n) is 2.39. The van der Waals surface area contributed by atoms with Crippen molar-refractivity contribution in [1.82, 2.24) is 4.90 Å². The number of nitrogens with zero attached hydrogens (tertiary/aromatic N) is 2. The molecule has 0 aromatic heterocycles. The number of amides is 1. The van der Waals surface area contributed by atoms with Crippen LogP contribution in [0.2, 0.25) is 0 Å². The Labute approximate surface area is 125 Å². The molecule has 6 heteroatoms. The Bertz CT molecular complexity index is 442. The van der Waals surface area contributed by atoms with E-state index in [4.69, 9.17) is 15.2 Å². The number of anilines is 1. The Morgan fingerprint density at radius 1 is 1.19 bits per heavy atom. The van der Waals surface area contributed by atoms with Crippen LogP contribution in [-0.4, -0.2) is 63.9 Å². The quantitative estimate of drug-likeness (QED) is 0.733. The highest BCUT2D eigenvalue weighted by atomic mass is 16.5. The van der Waals surface area contributed by atoms with Gasteiger partial charge in [-0.2, -0.15) is 0 Å². The summed E-state index contributed by atoms with van der Waals surface area (Å²) in [6, 6.07) is 8.15. The normalized spacial score (nSPS) is 16.0. The summed E-state index contributed by atoms with van der Waals surface area (Å²) in [5, 5.41) is 0. The molecule has 0 radical (unpaired) electrons. The number of hydrogen-bond donors (Lipinski definition) is 1. The first-order chi connectivity index (χ1) is 10.2. The van der Waals surface area contributed by atoms with E-state index in [1.165, 1.54) is 5.69 Å². The van der Waals surface area contributed by atoms with Gasteiger partial charge >= 0.3 is 0 Å². The van der Waals surface area contributed by atoms with Crippen molar-refractivity contribution >= 4 is 11.6 Å². The van der Waals surface area contributed by atoms with Crippen LogP contribution in [-0.2, 0) is 9.53 Å². The first-order valence-corrected chi connectivity index (χ1v) is 7.16. The zero-order valence-corrected chi connectivity index (χ0v) is 12.5. The van der Waals surface area contributed by atoms with E-state index in [1.54, 1.807) is 7.11 Å². The highest BCUT2D eigenvalue weighted by Gasteiger charge is 2.16. The maximum absolute atomic E-state index is 10.6. The van der Waals surface area contributed by atoms with Crippen LogP contribution in [0.5, 0.6) is 5.75 Å². The molecule has 1 aromatic carbocycles. The van der Waals surface area contributed by atoms with Crippen LogP contribution in [0.25, 0.3) is 0 Å². The maximum atomic E-state index is 10.6. The third-order valence-corrected chi connectivity index (χ3v) is 3.61. The average molecular weight is 293 g/mol. The van der Waals surface area contributed by atoms with E-state index in [2.05, 4.69) is 21.9 Å². The van der Waals surface area contributed by atoms with Crippen molar-refractivity contribution in [1.29, 1.82) is 0 Å². The minimum atomic E-state index is -0.417. The number of ether oxygens (including phenoxy) is 2. The van der Waals surface area contributed by atoms with E-state index >= 15 is 0 Å². The van der Waals surface area contributed by atoms with Gasteiger partial charge in [-0.25, -0.2) is 0 Å². The van der Waals surface area contributed by atoms with Crippen molar-refractivity contribution in [2.45, 2.75) is 0 Å². The molecule has 21 heavy (non-hydrogen) atoms. The minimum absolute atomic E-state index is 0.00577. The molecule has 0 atom stereocenters. The van der Waals surface area contributed by atoms with Crippen molar-refractivity contribution < 1.29 is 14.3 Å². The monoisotopic (exact) mass is 293 g/mol. The van der Waals surface area contributed by atoms with Crippen molar-refractivity contribution in [2.24, 2.45) is 5.73 Å². The fraction of sp³-hybridized carbons (Fsp3) is 0.533. The summed E-state index contributed by atoms with van der Waals surface area (Å²) in [7, 11) is 1.67. The van der Waals surface area contributed by atoms with Crippen molar-refractivity contribution in [3.05, 3.63) is 24.3 Å². The molecule has 116 valence electrons. The molecule has 0 aliphatic carbocycles. The summed E-state index contributed by atoms with van der Waals surface area (Å²) in [6.07, 6.45) is 0. The number of benzene rings is 1. The Kier molecular flexibility index (Phi) is 5.83. The summed E-state index contributed by atoms with van der Waals surface area (Å²) in [6.45, 7) is 5.35. The van der Waals surface area contributed by atoms with E-state index in [9.17, 15) is 4.79 Å². The molecule has 1 fully saturated rings. The lowest BCUT2D eigenvalue weighted by Gasteiger charge is -2.36. The van der Waals surface area contributed by atoms with Crippen LogP contribution in [0, 0.1) is 0 Å². The van der Waals surface area contributed by atoms with Gasteiger partial charge < -0.3 is 20.1 Å². The van der Waals surface area contributed by atoms with Crippen molar-refractivity contribution in [3.8, 4) is 5.75 Å². The van der Waals surface area contributed by atoms with Gasteiger partial charge in [0.2, 0.25) is 5.91 Å². The zero-order chi connectivity index (χ0) is 15.1. The molecule has 1 heterocycles. The van der Waals surface area contributed by atoms with Gasteiger partial charge in [0.25, 0.3) is 0 Å². The molecular formula is C15H23N3O3. The van der Waals surface area contributed by atoms with Gasteiger partial charge in [-0.3, -0.25) is 9.69 Å². The van der Waals surface area contributed by atoms with Crippen molar-refractivity contribution in [2.75, 3.05) is 57.9 Å². The third kappa shape index (κ3) is 4.91. The maximum Gasteiger partial charge on any atom is 0.243 e. The van der Waals surface area contributed by atoms with E-state index in [1.807, 2.05) is 12.1 Å². The van der Waals surface area contributed by atoms with Gasteiger partial charge in [-0.15, -0.1) is 0 Å². The Morgan fingerprint density at radius 3 is 2.43 bits per heavy atom. The summed E-state index contributed by atoms with van der Waals surface area (Å²) in [5.41, 5.74) is 6.24. The summed E-state index contributed by atoms with van der Waals surface area (Å²) in [5.74, 6) is 0.461. The van der Waals surface area contributed by atoms with Crippen LogP contribution >= 0.6 is 0 Å². The van der Waals surface area contributed by atoms with E-state index in [-0.39, 0.29) is 6.61 Å². The Balaban J connectivity index is 1.71. The standard InChI is InChI=1S/C15H23N3O3/c1-20-14-4-2-13(3-5-14)18-8-6-17(7-9-18)10-11-21-12-15(16)19/h2-5H,6-12H2,1H3,(H2,16,19). The number of carbonyl (C=O) groups is 1. The third-order valence-electron chi connectivity index (χ3n) is 3.61. The predicted molar refractivity (Wildman–Crippen MR) is 81.7 cm³/mol. The Hall–Kier alpha value is -1.79. The highest BCUT2D eigenvalue weighted by molar-refractivity contribution is 5.74. The topological polar surface area (TPSA) is 68.0 Å². The molecule has 1 aromatic rings. The SMILES string of the molecule is COc1ccc(N2CCN(CCOCC(N)=O)CC2)cc1. The van der Waals surface area contributed by atoms with E-state index < -0.39 is 5.91 Å². The van der Waals surface area contributed by atoms with Crippen LogP contribution in [0.1, 0.15) is 0 Å². The number of primary amides is 1. The van der Waals surface area contributed by atoms with Gasteiger partial charge in [0, 0.05) is 38.4 Å². The minimum Gasteiger partial charge on any atom is -0.497 e. The highest BCUT2D eigenvalue weighted by Crippen LogP contribution is 2.20. The molecule has 1 aliphatic heterocycles. The van der Waals surface area contributed by atoms with E-state index in [0.717, 1.165) is 38.5 Å². The molecule has 1 amide bonds. The summed E-state index contributed by atoms with van der Waals surface area (Å²) < 4.78 is 10.4. The Morgan fingerprint density at radius 2 is 1.86 bits per heavy atom. The molecule has 0 bridgehead atoms. The van der Waals surface area contributed by atoms with Crippen molar-refractivity contribution in [3.63, 3.8) is 0 Å². The first-order valence-electron chi connectivity index (χ1n) is 7.16. The number of carbonyl (C=O) groups excluding carboxylic acids is 1. The predicted octanol–water partition coefficient (Wildman–Crippen LogP) is 0.319. The lowest BCUT2D eigenvalue weighted by atomic mass is 10.2. The average Bonchev–Trinajstić information content (AvgIpc) is 2.52. The van der Waals surface area contributed by atoms with Crippen LogP contribution in [0.3, 0.4) is 0 Å². The smallest absolute Gasteiger partial charge is 0.243 e. The second kappa shape index (κ2) is 7.85. The second-order valence-electron chi connectivity index (χ2n) is 5.05. The largest absolute Gasteiger partial charge is 0.497 e. The fourth-order valence-corrected chi connectivity index (χ4v) is 2.39. The van der Waals surface area contributed by atoms with Gasteiger partial charge in [0.1, 0.15) is 12.4 Å². The molecule has 0 unspecified atom stereocenters. The van der Waals surface area contributed by atoms with Gasteiger partial charge in [-0.1, -0.05) is 0 Å². The molecule has 1 saturated heterocycles. The van der Waals surface area contributed by atoms with Gasteiger partial charge in [-0.05, 0) is 24.3 Å². The lowest BCUT2D eigenvalue weighted by molar-refractivity contribution is -0.122. The first kappa shape index (κ1) is 15.6. The summed E-state index contributed by atoms with van der Waals surface area (Å²) >= 11 is 0. The lowest BCUT2D eigenvalue weighted by Crippen LogP contribution is -2.47. The molecule has 1 aliphatic rings. The van der Waals surface area contributed by atoms with Crippen LogP contribution in [0.4, 0.5) is 5.69 Å². The molecule has 0 saturated carbocycles. The number of hydrogen-bond acceptors (Lipinski definition) is 5. The van der Waals surface area contributed by atoms with E-state index in [0.29, 0.717) is 6.61 Å². The van der Waals surface area contributed by atoms with Gasteiger partial charge in [0.15, 0.2) is 0 Å². The molecule has 2 N–H and O–H groups in total. The summed E-state index contributed by atoms with van der Waals surface area (Å²) in [4.78, 5) is 15.3. The number of rotatable bonds is 7. The van der Waals surface area contributed by atoms with Crippen LogP contribution < -0.4 is 15.4 Å².